The third-order valence-electron chi connectivity index (χ3n) is 1.65. The summed E-state index contributed by atoms with van der Waals surface area (Å²) in [6.07, 6.45) is 20.0. The summed E-state index contributed by atoms with van der Waals surface area (Å²) in [4.78, 5) is 18.6. The van der Waals surface area contributed by atoms with E-state index < -0.39 is 23.5 Å². The molecule has 0 bridgehead atoms. The van der Waals surface area contributed by atoms with E-state index in [1.165, 1.54) is 0 Å². The Kier molecular flexibility index (Phi) is 20.1. The Morgan fingerprint density at radius 2 is 1.13 bits per heavy atom. The van der Waals surface area contributed by atoms with Gasteiger partial charge in [-0.05, 0) is 11.5 Å². The zero-order valence-corrected chi connectivity index (χ0v) is 15.9. The van der Waals surface area contributed by atoms with Crippen LogP contribution in [0, 0.1) is 12.2 Å². The second-order valence-corrected chi connectivity index (χ2v) is 3.46. The molecular weight excluding hydrogens is 467 g/mol. The van der Waals surface area contributed by atoms with Gasteiger partial charge in [0.2, 0.25) is 0 Å². The van der Waals surface area contributed by atoms with Gasteiger partial charge in [-0.1, -0.05) is 13.2 Å². The van der Waals surface area contributed by atoms with Crippen molar-refractivity contribution in [1.29, 1.82) is 0 Å². The van der Waals surface area contributed by atoms with Gasteiger partial charge in [-0.25, -0.2) is 33.9 Å². The quantitative estimate of drug-likeness (QED) is 0.256. The largest absolute Gasteiger partial charge is 4.00 e. The molecule has 0 radical (unpaired) electrons. The van der Waals surface area contributed by atoms with Crippen molar-refractivity contribution in [3.05, 3.63) is 73.3 Å². The molecule has 0 atom stereocenters. The molecule has 2 aliphatic carbocycles. The monoisotopic (exact) mass is 484 g/mol. The van der Waals surface area contributed by atoms with Gasteiger partial charge in [0.25, 0.3) is 0 Å². The first kappa shape index (κ1) is 25.8. The molecule has 0 heterocycles. The van der Waals surface area contributed by atoms with Gasteiger partial charge < -0.3 is 20.4 Å². The van der Waals surface area contributed by atoms with Crippen LogP contribution in [0.25, 0.3) is 0 Å². The summed E-state index contributed by atoms with van der Waals surface area (Å²) in [5.74, 6) is -5.13. The molecule has 6 nitrogen and oxygen atoms in total. The predicted octanol–water partition coefficient (Wildman–Crippen LogP) is 0.499. The maximum atomic E-state index is 9.43. The predicted molar refractivity (Wildman–Crippen MR) is 76.7 cm³/mol. The summed E-state index contributed by atoms with van der Waals surface area (Å²) in [5, 5.41) is 34.0. The molecule has 0 amide bonds. The van der Waals surface area contributed by atoms with Crippen molar-refractivity contribution in [2.45, 2.75) is 12.8 Å². The minimum atomic E-state index is -1.49. The molecular formula is C16H16HfO6. The van der Waals surface area contributed by atoms with Gasteiger partial charge in [-0.2, -0.15) is 12.2 Å². The van der Waals surface area contributed by atoms with Crippen molar-refractivity contribution in [2.24, 2.45) is 0 Å². The van der Waals surface area contributed by atoms with E-state index in [0.717, 1.165) is 12.8 Å². The smallest absolute Gasteiger partial charge is 0.868 e. The summed E-state index contributed by atoms with van der Waals surface area (Å²) in [6, 6.07) is 0. The van der Waals surface area contributed by atoms with Gasteiger partial charge in [0, 0.05) is 0 Å². The van der Waals surface area contributed by atoms with Crippen molar-refractivity contribution in [1.82, 2.24) is 0 Å². The number of carbonyl (C=O) groups is 2. The van der Waals surface area contributed by atoms with Crippen LogP contribution >= 0.6 is 0 Å². The zero-order chi connectivity index (χ0) is 17.4. The van der Waals surface area contributed by atoms with Gasteiger partial charge in [-0.3, -0.25) is 12.2 Å². The number of carboxylic acid groups (broad SMARTS) is 2. The van der Waals surface area contributed by atoms with Crippen LogP contribution in [0.2, 0.25) is 0 Å². The molecule has 0 aromatic heterocycles. The fourth-order valence-electron chi connectivity index (χ4n) is 0.680. The number of hydrogen-bond acceptors (Lipinski definition) is 4. The van der Waals surface area contributed by atoms with E-state index in [9.17, 15) is 19.8 Å². The van der Waals surface area contributed by atoms with Crippen molar-refractivity contribution >= 4 is 11.9 Å². The van der Waals surface area contributed by atoms with Crippen molar-refractivity contribution < 1.29 is 55.9 Å². The van der Waals surface area contributed by atoms with Gasteiger partial charge in [0.05, 0.1) is 0 Å². The molecule has 120 valence electrons. The number of hydrogen-bond donors (Lipinski definition) is 2. The van der Waals surface area contributed by atoms with E-state index in [1.54, 1.807) is 0 Å². The third kappa shape index (κ3) is 25.2. The number of carboxylic acids is 2. The Balaban J connectivity index is -0.000000229. The van der Waals surface area contributed by atoms with E-state index in [-0.39, 0.29) is 25.8 Å². The van der Waals surface area contributed by atoms with Crippen LogP contribution in [0.5, 0.6) is 0 Å². The van der Waals surface area contributed by atoms with Crippen LogP contribution in [-0.4, -0.2) is 22.2 Å². The standard InChI is InChI=1S/2C5H5.2C3H4O3.Hf/c2*1-2-4-5-3-1;2*1-2(4)3(5)6;/h2*1-3H,4H2;2*4H,1H2,(H,5,6);/q2*-1;;;+4/p-2. The maximum absolute atomic E-state index is 9.43. The molecule has 0 spiro atoms. The fourth-order valence-corrected chi connectivity index (χ4v) is 0.680. The zero-order valence-electron chi connectivity index (χ0n) is 12.3. The molecule has 0 unspecified atom stereocenters. The fraction of sp³-hybridized carbons (Fsp3) is 0.125. The van der Waals surface area contributed by atoms with Gasteiger partial charge in [0.15, 0.2) is 0 Å². The Bertz CT molecular complexity index is 411. The van der Waals surface area contributed by atoms with Gasteiger partial charge in [0.1, 0.15) is 0 Å². The summed E-state index contributed by atoms with van der Waals surface area (Å²) < 4.78 is 0. The Hall–Kier alpha value is -2.15. The van der Waals surface area contributed by atoms with E-state index in [1.807, 2.05) is 24.3 Å². The van der Waals surface area contributed by atoms with E-state index in [0.29, 0.717) is 0 Å². The molecule has 0 saturated heterocycles. The first-order chi connectivity index (χ1) is 10.3. The van der Waals surface area contributed by atoms with Crippen molar-refractivity contribution in [3.8, 4) is 0 Å². The molecule has 0 aliphatic heterocycles. The molecule has 7 heteroatoms. The molecule has 0 fully saturated rings. The van der Waals surface area contributed by atoms with Crippen molar-refractivity contribution in [3.63, 3.8) is 0 Å². The van der Waals surface area contributed by atoms with Crippen LogP contribution < -0.4 is 10.2 Å². The first-order valence-electron chi connectivity index (χ1n) is 5.91. The molecule has 0 aromatic carbocycles. The average molecular weight is 483 g/mol. The summed E-state index contributed by atoms with van der Waals surface area (Å²) >= 11 is 0. The summed E-state index contributed by atoms with van der Waals surface area (Å²) in [7, 11) is 0. The van der Waals surface area contributed by atoms with Crippen LogP contribution in [0.3, 0.4) is 0 Å². The second kappa shape index (κ2) is 17.9. The van der Waals surface area contributed by atoms with Crippen molar-refractivity contribution in [2.75, 3.05) is 0 Å². The molecule has 2 N–H and O–H groups in total. The van der Waals surface area contributed by atoms with Crippen LogP contribution in [0.4, 0.5) is 0 Å². The summed E-state index contributed by atoms with van der Waals surface area (Å²) in [6.45, 7) is 5.20. The Morgan fingerprint density at radius 3 is 1.17 bits per heavy atom. The van der Waals surface area contributed by atoms with Crippen LogP contribution in [0.1, 0.15) is 12.8 Å². The Labute approximate surface area is 153 Å². The molecule has 2 rings (SSSR count). The number of rotatable bonds is 2. The summed E-state index contributed by atoms with van der Waals surface area (Å²) in [5.41, 5.74) is 0. The van der Waals surface area contributed by atoms with Gasteiger partial charge in [-0.15, -0.1) is 12.8 Å². The third-order valence-corrected chi connectivity index (χ3v) is 1.65. The first-order valence-corrected chi connectivity index (χ1v) is 5.91. The van der Waals surface area contributed by atoms with Crippen LogP contribution in [0.15, 0.2) is 61.1 Å². The second-order valence-electron chi connectivity index (χ2n) is 3.46. The van der Waals surface area contributed by atoms with Gasteiger partial charge >= 0.3 is 37.8 Å². The van der Waals surface area contributed by atoms with E-state index >= 15 is 0 Å². The number of aliphatic carboxylic acids is 2. The molecule has 2 aliphatic rings. The minimum Gasteiger partial charge on any atom is -0.868 e. The van der Waals surface area contributed by atoms with E-state index in [4.69, 9.17) is 10.2 Å². The molecule has 23 heavy (non-hydrogen) atoms. The van der Waals surface area contributed by atoms with E-state index in [2.05, 4.69) is 37.5 Å². The molecule has 0 aromatic rings. The van der Waals surface area contributed by atoms with Crippen LogP contribution in [-0.2, 0) is 35.4 Å². The number of allylic oxidation sites excluding steroid dienone is 8. The topological polar surface area (TPSA) is 121 Å². The normalized spacial score (nSPS) is 11.5. The SMILES string of the molecule is C=C([O-])C(=O)O.C=C([O-])C(=O)O.[C-]1=CC=CC1.[C-]1=CC=CC1.[Hf+4]. The minimum absolute atomic E-state index is 0. The average Bonchev–Trinajstić information content (AvgIpc) is 3.18. The Morgan fingerprint density at radius 1 is 0.870 bits per heavy atom. The maximum Gasteiger partial charge on any atom is 4.00 e. The molecule has 0 saturated carbocycles.